The molecular formula is C80H84N12O20S8. The molecule has 8 N–H and O–H groups in total. The van der Waals surface area contributed by atoms with E-state index in [-0.39, 0.29) is 80.2 Å². The first-order valence-corrected chi connectivity index (χ1v) is 41.5. The maximum atomic E-state index is 13.6. The molecule has 0 atom stereocenters. The van der Waals surface area contributed by atoms with E-state index in [0.717, 1.165) is 40.4 Å². The summed E-state index contributed by atoms with van der Waals surface area (Å²) in [6.45, 7) is -28.2. The monoisotopic (exact) mass is 1840 g/mol. The van der Waals surface area contributed by atoms with Crippen molar-refractivity contribution in [1.29, 1.82) is 0 Å². The van der Waals surface area contributed by atoms with Gasteiger partial charge in [0.2, 0.25) is 23.5 Å². The largest absolute Gasteiger partial charge is 0.337 e. The topological polar surface area (TPSA) is 473 Å². The first-order valence-electron chi connectivity index (χ1n) is 55.8. The predicted octanol–water partition coefficient (Wildman–Crippen LogP) is 16.9. The molecule has 12 aromatic rings. The molecule has 0 spiro atoms. The molecule has 4 aromatic carbocycles. The molecule has 0 unspecified atom stereocenters. The van der Waals surface area contributed by atoms with Gasteiger partial charge in [-0.25, -0.2) is 52.5 Å². The number of anilines is 8. The van der Waals surface area contributed by atoms with Crippen molar-refractivity contribution in [3.8, 4) is 0 Å². The molecule has 8 heterocycles. The maximum absolute atomic E-state index is 13.6. The highest BCUT2D eigenvalue weighted by Crippen LogP contribution is 2.36. The zero-order chi connectivity index (χ0) is 129. The first kappa shape index (κ1) is 46.0. The van der Waals surface area contributed by atoms with Crippen molar-refractivity contribution < 1.29 is 156 Å². The number of aromatic nitrogens is 4. The second-order valence-corrected chi connectivity index (χ2v) is 33.8. The number of benzene rings is 4. The number of aryl methyl sites for hydroxylation is 12. The van der Waals surface area contributed by atoms with E-state index in [4.69, 9.17) is 79.7 Å². The summed E-state index contributed by atoms with van der Waals surface area (Å²) < 4.78 is 498. The van der Waals surface area contributed by atoms with E-state index in [2.05, 4.69) is 25.1 Å². The van der Waals surface area contributed by atoms with E-state index < -0.39 is 350 Å². The predicted molar refractivity (Wildman–Crippen MR) is 460 cm³/mol. The van der Waals surface area contributed by atoms with Crippen LogP contribution in [0.25, 0.3) is 0 Å². The van der Waals surface area contributed by atoms with Gasteiger partial charge in [0.25, 0.3) is 63.7 Å². The highest BCUT2D eigenvalue weighted by atomic mass is 32.2. The van der Waals surface area contributed by atoms with Crippen LogP contribution in [0.15, 0.2) is 132 Å². The van der Waals surface area contributed by atoms with E-state index in [1.54, 1.807) is 0 Å². The van der Waals surface area contributed by atoms with Crippen LogP contribution in [0.5, 0.6) is 0 Å². The number of carbonyl (C=O) groups excluding carboxylic acids is 8. The third kappa shape index (κ3) is 21.0. The van der Waals surface area contributed by atoms with Gasteiger partial charge in [0.15, 0.2) is 34.4 Å². The standard InChI is InChI=1S/4C20H21N3O5S2/c4*1-10-8-11(2)17(15(9-10)14(5)24)21-19(25)18-16(6-7-29-18)30(26,27)23-20-12(3)13(4)22-28-20/h4*6-9,23H,1-5H3,(H,21,25)/i1D3,2D3,3D3,5D3,9D;3D3,4D3,5D3,9D;1D3,2D3,5D3,9D;4D3,5D3,9D/hD8. The lowest BCUT2D eigenvalue weighted by Gasteiger charge is -2.14. The Morgan fingerprint density at radius 1 is 0.333 bits per heavy atom. The lowest BCUT2D eigenvalue weighted by Crippen LogP contribution is -2.20. The summed E-state index contributed by atoms with van der Waals surface area (Å²) in [6, 6.07) is 3.44. The molecule has 0 radical (unpaired) electrons. The van der Waals surface area contributed by atoms with Gasteiger partial charge in [-0.05, 0) is 252 Å². The van der Waals surface area contributed by atoms with Gasteiger partial charge in [0, 0.05) is 93.9 Å². The number of nitrogens with one attached hydrogen (secondary N) is 8. The SMILES string of the molecule is [2H]c1c(C([2H])([2H])[2H])cc(C([2H])([2H])[2H])c(N([2H])C(=O)c2sccc2S(=O)(=O)N([2H])c2onc(C)c2C([2H])([2H])[2H])c1C(=O)C([2H])([2H])[2H].[2H]c1c(C([2H])([2H])[2H])cc(C([2H])([2H])[2H])c(N([2H])C(=O)c2sccc2S(=O)(=O)N([2H])c2onc(C)c2C)c1C(=O)C([2H])([2H])[2H].[2H]c1c(C)cc(C)c(N([2H])C(=O)c2sccc2S(=O)(=O)N([2H])c2onc(C([2H])([2H])[2H])c2C([2H])([2H])[2H])c1C(=O)C([2H])([2H])[2H].[2H]c1c(C)cc(C)c(N([2H])C(=O)c2sccc2S(=O)(=O)N([2H])c2onc(C([2H])([2H])[2H])c2C)c1C(=O)C([2H])([2H])[2H]. The number of ketones is 4. The van der Waals surface area contributed by atoms with Crippen molar-refractivity contribution in [2.75, 3.05) is 40.1 Å². The van der Waals surface area contributed by atoms with Gasteiger partial charge >= 0.3 is 0 Å². The Morgan fingerprint density at radius 3 is 0.850 bits per heavy atom. The number of hydrogen-bond donors (Lipinski definition) is 8. The minimum atomic E-state index is -5.22. The van der Waals surface area contributed by atoms with Crippen molar-refractivity contribution in [1.82, 2.24) is 20.6 Å². The molecule has 4 amide bonds. The van der Waals surface area contributed by atoms with Gasteiger partial charge in [0.05, 0.1) is 51.0 Å². The second-order valence-electron chi connectivity index (χ2n) is 23.9. The van der Waals surface area contributed by atoms with Crippen molar-refractivity contribution in [3.05, 3.63) is 226 Å². The Morgan fingerprint density at radius 2 is 0.583 bits per heavy atom. The normalized spacial score (nSPS) is 18.5. The molecule has 0 aliphatic carbocycles. The summed E-state index contributed by atoms with van der Waals surface area (Å²) in [6.07, 6.45) is 0. The average molecular weight is 1840 g/mol. The Hall–Kier alpha value is -11.9. The summed E-state index contributed by atoms with van der Waals surface area (Å²) >= 11 is 1.87. The number of Topliss-reactive ketones (excluding diaryl/α,β-unsaturated/α-hetero) is 4. The number of rotatable bonds is 24. The third-order valence-electron chi connectivity index (χ3n) is 15.3. The summed E-state index contributed by atoms with van der Waals surface area (Å²) in [4.78, 5) is 99.0. The van der Waals surface area contributed by atoms with E-state index in [9.17, 15) is 72.0 Å². The van der Waals surface area contributed by atoms with Gasteiger partial charge in [-0.2, -0.15) is 0 Å². The fourth-order valence-electron chi connectivity index (χ4n) is 9.63. The Bertz CT molecular complexity index is 8660. The molecular weight excluding hydrogens is 1710 g/mol. The van der Waals surface area contributed by atoms with Crippen molar-refractivity contribution in [3.63, 3.8) is 0 Å². The van der Waals surface area contributed by atoms with Crippen LogP contribution >= 0.6 is 45.3 Å². The Labute approximate surface area is 775 Å². The summed E-state index contributed by atoms with van der Waals surface area (Å²) in [5.74, 6) is -16.4. The lowest BCUT2D eigenvalue weighted by molar-refractivity contribution is 0.100. The number of nitrogens with zero attached hydrogens (tertiary/aromatic N) is 4. The lowest BCUT2D eigenvalue weighted by atomic mass is 10.0. The van der Waals surface area contributed by atoms with Gasteiger partial charge in [0.1, 0.15) is 39.1 Å². The summed E-state index contributed by atoms with van der Waals surface area (Å²) in [5.41, 5.74) is -15.3. The van der Waals surface area contributed by atoms with Crippen LogP contribution in [0.3, 0.4) is 0 Å². The molecule has 0 saturated heterocycles. The fraction of sp³-hybridized carbons (Fsp3) is 0.250. The fourth-order valence-corrected chi connectivity index (χ4v) is 18.6. The quantitative estimate of drug-likeness (QED) is 0.0260. The minimum absolute atomic E-state index is 0.0451. The molecule has 0 saturated carbocycles. The van der Waals surface area contributed by atoms with E-state index in [1.807, 2.05) is 0 Å². The molecule has 0 aliphatic rings. The minimum Gasteiger partial charge on any atom is -0.337 e. The van der Waals surface area contributed by atoms with E-state index in [1.165, 1.54) is 72.9 Å². The molecule has 40 heteroatoms. The van der Waals surface area contributed by atoms with Crippen molar-refractivity contribution in [2.24, 2.45) is 0 Å². The average Bonchev–Trinajstić information content (AvgIpc) is 1.55. The molecule has 12 rings (SSSR count). The highest BCUT2D eigenvalue weighted by Gasteiger charge is 2.33. The molecule has 120 heavy (non-hydrogen) atoms. The van der Waals surface area contributed by atoms with Crippen molar-refractivity contribution >= 4 is 178 Å². The van der Waals surface area contributed by atoms with Crippen LogP contribution in [0.4, 0.5) is 46.3 Å². The zero-order valence-electron chi connectivity index (χ0n) is 110. The molecule has 0 fully saturated rings. The molecule has 32 nitrogen and oxygen atoms in total. The zero-order valence-corrected chi connectivity index (χ0v) is 68.3. The number of thiophene rings is 4. The second kappa shape index (κ2) is 37.2. The van der Waals surface area contributed by atoms with E-state index in [0.29, 0.717) is 57.5 Å². The van der Waals surface area contributed by atoms with Crippen LogP contribution in [0, 0.1) is 110 Å². The van der Waals surface area contributed by atoms with Crippen LogP contribution < -0.4 is 40.1 Å². The number of amides is 4. The summed E-state index contributed by atoms with van der Waals surface area (Å²) in [7, 11) is -20.2. The van der Waals surface area contributed by atoms with Crippen molar-refractivity contribution in [2.45, 2.75) is 157 Å². The molecule has 0 aliphatic heterocycles. The number of sulfonamides is 4. The Kier molecular flexibility index (Phi) is 14.3. The molecule has 0 bridgehead atoms. The summed E-state index contributed by atoms with van der Waals surface area (Å²) in [5, 5.41) is 17.4. The van der Waals surface area contributed by atoms with Gasteiger partial charge in [-0.3, -0.25) is 38.4 Å². The third-order valence-corrected chi connectivity index (χ3v) is 24.7. The van der Waals surface area contributed by atoms with E-state index >= 15 is 0 Å². The smallest absolute Gasteiger partial charge is 0.267 e. The van der Waals surface area contributed by atoms with Gasteiger partial charge in [-0.1, -0.05) is 44.9 Å². The first-order chi connectivity index (χ1) is 75.7. The molecule has 632 valence electrons. The van der Waals surface area contributed by atoms with Crippen LogP contribution in [-0.4, -0.2) is 101 Å². The Balaban J connectivity index is 0.000000246. The van der Waals surface area contributed by atoms with Crippen LogP contribution in [-0.2, 0) is 40.1 Å². The van der Waals surface area contributed by atoms with Crippen LogP contribution in [0.1, 0.15) is 252 Å². The van der Waals surface area contributed by atoms with Gasteiger partial charge in [-0.15, -0.1) is 45.3 Å². The number of hydrogen-bond acceptors (Lipinski definition) is 28. The highest BCUT2D eigenvalue weighted by molar-refractivity contribution is 7.94. The number of carbonyl (C=O) groups is 8. The maximum Gasteiger partial charge on any atom is 0.267 e. The van der Waals surface area contributed by atoms with Crippen LogP contribution in [0.2, 0.25) is 11.3 Å². The molecule has 8 aromatic heterocycles. The van der Waals surface area contributed by atoms with Gasteiger partial charge < -0.3 is 39.3 Å².